The molecule has 21 nitrogen and oxygen atoms in total. The minimum Gasteiger partial charge on any atom is -0.506 e. The zero-order chi connectivity index (χ0) is 49.9. The Morgan fingerprint density at radius 1 is 0.725 bits per heavy atom. The fourth-order valence-corrected chi connectivity index (χ4v) is 7.13. The molecular formula is C47H56CoN13O8+. The van der Waals surface area contributed by atoms with Crippen LogP contribution in [0.4, 0.5) is 45.5 Å². The van der Waals surface area contributed by atoms with Gasteiger partial charge in [-0.1, -0.05) is 62.6 Å². The Kier molecular flexibility index (Phi) is 18.5. The van der Waals surface area contributed by atoms with Crippen molar-refractivity contribution in [2.45, 2.75) is 72.6 Å². The predicted octanol–water partition coefficient (Wildman–Crippen LogP) is 10.7. The summed E-state index contributed by atoms with van der Waals surface area (Å²) in [5.41, 5.74) is 7.19. The van der Waals surface area contributed by atoms with Crippen LogP contribution in [0.5, 0.6) is 23.3 Å². The summed E-state index contributed by atoms with van der Waals surface area (Å²) < 4.78 is 4.90. The van der Waals surface area contributed by atoms with Crippen molar-refractivity contribution in [3.05, 3.63) is 128 Å². The standard InChI is InChI=1S/C21H26N3.2C13H15N5O4.Co/c1-6-24-19-10-8-7-9-18(19)21(3,4)20(24)15-22-23(5)17-13-11-16(2)12-14-17;2*1-3-4-9-12(13(20)17(2)16-9)15-14-10-7-8(18(21)22)5-6-11(10)19;/h7-15H,6H2,1-5H3;2*5-7,19-20H,3-4H2,1-2H3;/q+1;;;. The fourth-order valence-electron chi connectivity index (χ4n) is 7.13. The van der Waals surface area contributed by atoms with Crippen molar-refractivity contribution in [1.29, 1.82) is 0 Å². The van der Waals surface area contributed by atoms with Crippen LogP contribution in [0.3, 0.4) is 0 Å². The molecule has 1 aliphatic heterocycles. The monoisotopic (exact) mass is 989 g/mol. The van der Waals surface area contributed by atoms with Gasteiger partial charge in [-0.2, -0.15) is 19.9 Å². The molecule has 0 saturated carbocycles. The third-order valence-corrected chi connectivity index (χ3v) is 10.8. The van der Waals surface area contributed by atoms with Gasteiger partial charge in [0, 0.05) is 73.8 Å². The maximum atomic E-state index is 10.7. The quantitative estimate of drug-likeness (QED) is 0.0262. The maximum Gasteiger partial charge on any atom is 0.271 e. The molecule has 0 saturated heterocycles. The van der Waals surface area contributed by atoms with Gasteiger partial charge in [-0.05, 0) is 64.8 Å². The number of para-hydroxylation sites is 1. The van der Waals surface area contributed by atoms with E-state index < -0.39 is 9.85 Å². The summed E-state index contributed by atoms with van der Waals surface area (Å²) >= 11 is 0. The van der Waals surface area contributed by atoms with Crippen LogP contribution in [0, 0.1) is 27.2 Å². The number of nitrogens with zero attached hydrogens (tertiary/aromatic N) is 13. The zero-order valence-electron chi connectivity index (χ0n) is 39.8. The van der Waals surface area contributed by atoms with Crippen molar-refractivity contribution in [2.75, 3.05) is 18.6 Å². The van der Waals surface area contributed by atoms with E-state index in [0.29, 0.717) is 24.2 Å². The Hall–Kier alpha value is -7.85. The molecule has 2 aromatic heterocycles. The predicted molar refractivity (Wildman–Crippen MR) is 259 cm³/mol. The molecule has 4 aromatic carbocycles. The SMILES string of the molecule is CCCc1nn(C)c(O)c1N=Nc1cc([N+](=O)[O-])ccc1O.CCCc1nn(C)c(O)c1N=Nc1cc([N+](=O)[O-])ccc1O.CC[N+]1=C(/C=N/N(C)c2ccc(C)cc2)C(C)(C)c2ccccc21.[Co]. The summed E-state index contributed by atoms with van der Waals surface area (Å²) in [6, 6.07) is 24.0. The Labute approximate surface area is 409 Å². The van der Waals surface area contributed by atoms with Crippen LogP contribution in [0.25, 0.3) is 0 Å². The number of non-ortho nitro benzene ring substituents is 2. The van der Waals surface area contributed by atoms with Gasteiger partial charge in [0.25, 0.3) is 11.4 Å². The molecule has 7 rings (SSSR count). The number of hydrogen-bond donors (Lipinski definition) is 4. The van der Waals surface area contributed by atoms with Crippen LogP contribution in [0.2, 0.25) is 0 Å². The van der Waals surface area contributed by atoms with E-state index in [4.69, 9.17) is 5.10 Å². The number of benzene rings is 4. The van der Waals surface area contributed by atoms with E-state index in [9.17, 15) is 40.7 Å². The van der Waals surface area contributed by atoms with Crippen LogP contribution >= 0.6 is 0 Å². The van der Waals surface area contributed by atoms with Crippen LogP contribution < -0.4 is 5.01 Å². The van der Waals surface area contributed by atoms with E-state index in [0.717, 1.165) is 37.2 Å². The molecule has 69 heavy (non-hydrogen) atoms. The van der Waals surface area contributed by atoms with Crippen molar-refractivity contribution < 1.29 is 51.6 Å². The molecule has 6 aromatic rings. The van der Waals surface area contributed by atoms with Crippen LogP contribution in [-0.2, 0) is 49.1 Å². The molecule has 0 bridgehead atoms. The van der Waals surface area contributed by atoms with Crippen LogP contribution in [-0.4, -0.2) is 79.9 Å². The molecular weight excluding hydrogens is 934 g/mol. The number of hydrazone groups is 1. The van der Waals surface area contributed by atoms with Crippen molar-refractivity contribution in [3.63, 3.8) is 0 Å². The molecule has 1 aliphatic rings. The summed E-state index contributed by atoms with van der Waals surface area (Å²) in [5.74, 6) is -0.793. The van der Waals surface area contributed by atoms with Crippen molar-refractivity contribution >= 4 is 57.4 Å². The molecule has 1 radical (unpaired) electrons. The fraction of sp³-hybridized carbons (Fsp3) is 0.319. The Morgan fingerprint density at radius 2 is 1.19 bits per heavy atom. The maximum absolute atomic E-state index is 10.7. The number of hydrogen-bond acceptors (Lipinski definition) is 16. The zero-order valence-corrected chi connectivity index (χ0v) is 40.8. The largest absolute Gasteiger partial charge is 0.506 e. The molecule has 0 fully saturated rings. The Balaban J connectivity index is 0.000000224. The summed E-state index contributed by atoms with van der Waals surface area (Å²) in [5, 5.41) is 90.9. The van der Waals surface area contributed by atoms with Gasteiger partial charge < -0.3 is 20.4 Å². The van der Waals surface area contributed by atoms with Gasteiger partial charge in [0.15, 0.2) is 11.4 Å². The van der Waals surface area contributed by atoms with Gasteiger partial charge in [-0.25, -0.2) is 9.36 Å². The van der Waals surface area contributed by atoms with Gasteiger partial charge in [0.2, 0.25) is 23.2 Å². The number of aromatic nitrogens is 4. The first-order valence-electron chi connectivity index (χ1n) is 21.7. The third-order valence-electron chi connectivity index (χ3n) is 10.8. The number of nitro groups is 2. The number of anilines is 1. The van der Waals surface area contributed by atoms with Crippen molar-refractivity contribution in [1.82, 2.24) is 19.6 Å². The number of azo groups is 2. The Morgan fingerprint density at radius 3 is 1.62 bits per heavy atom. The van der Waals surface area contributed by atoms with Crippen molar-refractivity contribution in [3.8, 4) is 23.3 Å². The van der Waals surface area contributed by atoms with Gasteiger partial charge >= 0.3 is 0 Å². The van der Waals surface area contributed by atoms with E-state index in [1.807, 2.05) is 32.1 Å². The number of aromatic hydroxyl groups is 4. The molecule has 0 amide bonds. The summed E-state index contributed by atoms with van der Waals surface area (Å²) in [6.07, 6.45) is 4.83. The second kappa shape index (κ2) is 23.7. The first-order valence-corrected chi connectivity index (χ1v) is 21.7. The summed E-state index contributed by atoms with van der Waals surface area (Å²) in [4.78, 5) is 20.3. The smallest absolute Gasteiger partial charge is 0.271 e. The molecule has 0 atom stereocenters. The van der Waals surface area contributed by atoms with E-state index in [1.165, 1.54) is 56.2 Å². The van der Waals surface area contributed by atoms with Gasteiger partial charge in [-0.3, -0.25) is 25.2 Å². The second-order valence-electron chi connectivity index (χ2n) is 16.1. The molecule has 22 heteroatoms. The molecule has 365 valence electrons. The first kappa shape index (κ1) is 53.8. The van der Waals surface area contributed by atoms with E-state index in [-0.39, 0.29) is 79.6 Å². The molecule has 0 spiro atoms. The normalized spacial score (nSPS) is 12.7. The third kappa shape index (κ3) is 12.8. The summed E-state index contributed by atoms with van der Waals surface area (Å²) in [7, 11) is 5.13. The van der Waals surface area contributed by atoms with Gasteiger partial charge in [0.05, 0.1) is 32.3 Å². The number of aryl methyl sites for hydroxylation is 5. The number of phenolic OH excluding ortho intramolecular Hbond substituents is 2. The van der Waals surface area contributed by atoms with E-state index in [1.54, 1.807) is 14.1 Å². The average Bonchev–Trinajstić information content (AvgIpc) is 3.83. The Bertz CT molecular complexity index is 2780. The molecule has 0 aliphatic carbocycles. The minimum atomic E-state index is -0.595. The molecule has 3 heterocycles. The van der Waals surface area contributed by atoms with Gasteiger partial charge in [-0.15, -0.1) is 20.5 Å². The van der Waals surface area contributed by atoms with E-state index >= 15 is 0 Å². The minimum absolute atomic E-state index is 0. The first-order chi connectivity index (χ1) is 32.3. The number of nitro benzene ring substituents is 2. The van der Waals surface area contributed by atoms with Crippen LogP contribution in [0.15, 0.2) is 110 Å². The van der Waals surface area contributed by atoms with Crippen LogP contribution in [0.1, 0.15) is 70.0 Å². The second-order valence-corrected chi connectivity index (χ2v) is 16.1. The van der Waals surface area contributed by atoms with Gasteiger partial charge in [0.1, 0.15) is 35.6 Å². The van der Waals surface area contributed by atoms with E-state index in [2.05, 4.69) is 111 Å². The van der Waals surface area contributed by atoms with Crippen molar-refractivity contribution in [2.24, 2.45) is 39.7 Å². The number of rotatable bonds is 14. The number of phenols is 2. The molecule has 0 unspecified atom stereocenters. The summed E-state index contributed by atoms with van der Waals surface area (Å²) in [6.45, 7) is 13.7. The topological polar surface area (TPSA) is 271 Å². The number of fused-ring (bicyclic) bond motifs is 1. The average molecular weight is 990 g/mol. The molecule has 4 N–H and O–H groups in total.